The van der Waals surface area contributed by atoms with Crippen molar-refractivity contribution in [3.05, 3.63) is 70.5 Å². The molecule has 2 aromatic carbocycles. The minimum Gasteiger partial charge on any atom is -0.207 e. The molecule has 92 valence electrons. The molecule has 1 atom stereocenters. The van der Waals surface area contributed by atoms with Crippen LogP contribution >= 0.6 is 0 Å². The van der Waals surface area contributed by atoms with Gasteiger partial charge in [-0.1, -0.05) is 35.9 Å². The molecule has 0 radical (unpaired) electrons. The molecule has 18 heavy (non-hydrogen) atoms. The summed E-state index contributed by atoms with van der Waals surface area (Å²) < 4.78 is 13.3. The standard InChI is InChI=1S/C17H17F/c1-12-2-4-13(5-3-12)15-7-6-14-8-9-17(18)11-16(14)10-15/h2-5,8-9,11,15H,6-7,10H2,1H3. The summed E-state index contributed by atoms with van der Waals surface area (Å²) in [5.74, 6) is 0.429. The first-order valence-electron chi connectivity index (χ1n) is 6.56. The predicted molar refractivity (Wildman–Crippen MR) is 72.3 cm³/mol. The Bertz CT molecular complexity index is 554. The van der Waals surface area contributed by atoms with Crippen LogP contribution in [0.25, 0.3) is 0 Å². The maximum atomic E-state index is 13.3. The van der Waals surface area contributed by atoms with Crippen LogP contribution in [0.15, 0.2) is 42.5 Å². The number of hydrogen-bond acceptors (Lipinski definition) is 0. The number of benzene rings is 2. The number of halogens is 1. The second-order valence-corrected chi connectivity index (χ2v) is 5.26. The molecule has 1 aliphatic carbocycles. The van der Waals surface area contributed by atoms with Crippen LogP contribution in [-0.4, -0.2) is 0 Å². The van der Waals surface area contributed by atoms with Crippen molar-refractivity contribution < 1.29 is 4.39 Å². The first-order chi connectivity index (χ1) is 8.72. The lowest BCUT2D eigenvalue weighted by Gasteiger charge is -2.25. The number of fused-ring (bicyclic) bond motifs is 1. The van der Waals surface area contributed by atoms with Crippen LogP contribution in [0.3, 0.4) is 0 Å². The summed E-state index contributed by atoms with van der Waals surface area (Å²) in [6.45, 7) is 2.11. The lowest BCUT2D eigenvalue weighted by atomic mass is 9.80. The van der Waals surface area contributed by atoms with Gasteiger partial charge in [-0.3, -0.25) is 0 Å². The molecule has 0 heterocycles. The maximum Gasteiger partial charge on any atom is 0.123 e. The van der Waals surface area contributed by atoms with Gasteiger partial charge in [0.15, 0.2) is 0 Å². The summed E-state index contributed by atoms with van der Waals surface area (Å²) in [5.41, 5.74) is 5.18. The van der Waals surface area contributed by atoms with Crippen LogP contribution in [0.1, 0.15) is 34.6 Å². The molecule has 0 N–H and O–H groups in total. The van der Waals surface area contributed by atoms with E-state index < -0.39 is 0 Å². The predicted octanol–water partition coefficient (Wildman–Crippen LogP) is 4.41. The van der Waals surface area contributed by atoms with Gasteiger partial charge in [-0.2, -0.15) is 0 Å². The van der Waals surface area contributed by atoms with Crippen molar-refractivity contribution in [3.8, 4) is 0 Å². The highest BCUT2D eigenvalue weighted by Gasteiger charge is 2.20. The zero-order chi connectivity index (χ0) is 12.5. The fourth-order valence-corrected chi connectivity index (χ4v) is 2.85. The van der Waals surface area contributed by atoms with Gasteiger partial charge in [0.1, 0.15) is 5.82 Å². The first-order valence-corrected chi connectivity index (χ1v) is 6.56. The second kappa shape index (κ2) is 4.56. The molecule has 0 aromatic heterocycles. The minimum absolute atomic E-state index is 0.113. The Morgan fingerprint density at radius 2 is 1.78 bits per heavy atom. The molecular weight excluding hydrogens is 223 g/mol. The van der Waals surface area contributed by atoms with E-state index >= 15 is 0 Å². The summed E-state index contributed by atoms with van der Waals surface area (Å²) >= 11 is 0. The largest absolute Gasteiger partial charge is 0.207 e. The molecule has 3 rings (SSSR count). The van der Waals surface area contributed by atoms with Crippen molar-refractivity contribution in [2.45, 2.75) is 32.1 Å². The normalized spacial score (nSPS) is 18.4. The molecule has 1 aliphatic rings. The topological polar surface area (TPSA) is 0 Å². The van der Waals surface area contributed by atoms with Gasteiger partial charge >= 0.3 is 0 Å². The van der Waals surface area contributed by atoms with E-state index in [4.69, 9.17) is 0 Å². The summed E-state index contributed by atoms with van der Waals surface area (Å²) in [6, 6.07) is 14.0. The molecule has 1 heteroatoms. The number of aryl methyl sites for hydroxylation is 2. The zero-order valence-corrected chi connectivity index (χ0v) is 10.6. The Balaban J connectivity index is 1.88. The molecule has 0 saturated carbocycles. The van der Waals surface area contributed by atoms with Crippen LogP contribution in [0.2, 0.25) is 0 Å². The fourth-order valence-electron chi connectivity index (χ4n) is 2.85. The fraction of sp³-hybridized carbons (Fsp3) is 0.294. The van der Waals surface area contributed by atoms with Crippen LogP contribution in [-0.2, 0) is 12.8 Å². The van der Waals surface area contributed by atoms with Crippen molar-refractivity contribution in [1.29, 1.82) is 0 Å². The summed E-state index contributed by atoms with van der Waals surface area (Å²) in [6.07, 6.45) is 3.20. The van der Waals surface area contributed by atoms with Gasteiger partial charge in [0, 0.05) is 0 Å². The third-order valence-electron chi connectivity index (χ3n) is 3.95. The highest BCUT2D eigenvalue weighted by molar-refractivity contribution is 5.35. The van der Waals surface area contributed by atoms with Gasteiger partial charge in [-0.05, 0) is 60.9 Å². The van der Waals surface area contributed by atoms with Gasteiger partial charge in [0.05, 0.1) is 0 Å². The molecule has 0 bridgehead atoms. The third kappa shape index (κ3) is 2.17. The lowest BCUT2D eigenvalue weighted by molar-refractivity contribution is 0.572. The Morgan fingerprint density at radius 1 is 1.00 bits per heavy atom. The molecule has 1 unspecified atom stereocenters. The van der Waals surface area contributed by atoms with Gasteiger partial charge < -0.3 is 0 Å². The van der Waals surface area contributed by atoms with Crippen molar-refractivity contribution in [3.63, 3.8) is 0 Å². The third-order valence-corrected chi connectivity index (χ3v) is 3.95. The average Bonchev–Trinajstić information content (AvgIpc) is 2.38. The van der Waals surface area contributed by atoms with E-state index in [1.54, 1.807) is 12.1 Å². The Hall–Kier alpha value is -1.63. The lowest BCUT2D eigenvalue weighted by Crippen LogP contribution is -2.13. The van der Waals surface area contributed by atoms with E-state index in [-0.39, 0.29) is 5.82 Å². The Labute approximate surface area is 107 Å². The van der Waals surface area contributed by atoms with Crippen molar-refractivity contribution in [2.24, 2.45) is 0 Å². The summed E-state index contributed by atoms with van der Waals surface area (Å²) in [4.78, 5) is 0. The van der Waals surface area contributed by atoms with Crippen molar-refractivity contribution in [2.75, 3.05) is 0 Å². The van der Waals surface area contributed by atoms with E-state index in [0.717, 1.165) is 12.8 Å². The van der Waals surface area contributed by atoms with E-state index in [2.05, 4.69) is 31.2 Å². The molecule has 0 fully saturated rings. The quantitative estimate of drug-likeness (QED) is 0.692. The highest BCUT2D eigenvalue weighted by atomic mass is 19.1. The Morgan fingerprint density at radius 3 is 2.56 bits per heavy atom. The molecule has 0 spiro atoms. The van der Waals surface area contributed by atoms with E-state index in [1.165, 1.54) is 28.7 Å². The van der Waals surface area contributed by atoms with E-state index in [0.29, 0.717) is 5.92 Å². The molecular formula is C17H17F. The van der Waals surface area contributed by atoms with Gasteiger partial charge in [-0.15, -0.1) is 0 Å². The van der Waals surface area contributed by atoms with Crippen LogP contribution in [0.4, 0.5) is 4.39 Å². The van der Waals surface area contributed by atoms with Gasteiger partial charge in [-0.25, -0.2) is 4.39 Å². The van der Waals surface area contributed by atoms with E-state index in [9.17, 15) is 4.39 Å². The van der Waals surface area contributed by atoms with Crippen LogP contribution in [0.5, 0.6) is 0 Å². The van der Waals surface area contributed by atoms with Crippen LogP contribution < -0.4 is 0 Å². The minimum atomic E-state index is -0.113. The molecule has 0 aliphatic heterocycles. The maximum absolute atomic E-state index is 13.3. The first kappa shape index (κ1) is 11.5. The zero-order valence-electron chi connectivity index (χ0n) is 10.6. The van der Waals surface area contributed by atoms with Crippen molar-refractivity contribution >= 4 is 0 Å². The average molecular weight is 240 g/mol. The summed E-state index contributed by atoms with van der Waals surface area (Å²) in [5, 5.41) is 0. The molecule has 0 amide bonds. The molecule has 0 saturated heterocycles. The van der Waals surface area contributed by atoms with Gasteiger partial charge in [0.25, 0.3) is 0 Å². The van der Waals surface area contributed by atoms with Crippen LogP contribution in [0, 0.1) is 12.7 Å². The van der Waals surface area contributed by atoms with E-state index in [1.807, 2.05) is 6.07 Å². The second-order valence-electron chi connectivity index (χ2n) is 5.26. The number of rotatable bonds is 1. The number of hydrogen-bond donors (Lipinski definition) is 0. The van der Waals surface area contributed by atoms with Gasteiger partial charge in [0.2, 0.25) is 0 Å². The van der Waals surface area contributed by atoms with Crippen molar-refractivity contribution in [1.82, 2.24) is 0 Å². The molecule has 0 nitrogen and oxygen atoms in total. The smallest absolute Gasteiger partial charge is 0.123 e. The highest BCUT2D eigenvalue weighted by Crippen LogP contribution is 2.33. The Kier molecular flexibility index (Phi) is 2.91. The molecule has 2 aromatic rings. The summed E-state index contributed by atoms with van der Waals surface area (Å²) in [7, 11) is 0. The SMILES string of the molecule is Cc1ccc(C2CCc3ccc(F)cc3C2)cc1. The monoisotopic (exact) mass is 240 g/mol.